The first-order valence-electron chi connectivity index (χ1n) is 5.94. The molecule has 1 fully saturated rings. The second-order valence-electron chi connectivity index (χ2n) is 4.50. The summed E-state index contributed by atoms with van der Waals surface area (Å²) in [6, 6.07) is 4.04. The monoisotopic (exact) mass is 284 g/mol. The number of benzene rings is 1. The van der Waals surface area contributed by atoms with E-state index in [2.05, 4.69) is 9.46 Å². The lowest BCUT2D eigenvalue weighted by atomic mass is 9.94. The fraction of sp³-hybridized carbons (Fsp3) is 0.417. The van der Waals surface area contributed by atoms with Gasteiger partial charge in [0.1, 0.15) is 0 Å². The van der Waals surface area contributed by atoms with E-state index in [1.165, 1.54) is 25.3 Å². The van der Waals surface area contributed by atoms with Gasteiger partial charge in [0.25, 0.3) is 0 Å². The summed E-state index contributed by atoms with van der Waals surface area (Å²) in [6.45, 7) is 0. The van der Waals surface area contributed by atoms with Crippen LogP contribution in [0.4, 0.5) is 5.69 Å². The third-order valence-corrected chi connectivity index (χ3v) is 4.69. The number of hydrogen-bond acceptors (Lipinski definition) is 5. The number of carbonyl (C=O) groups is 1. The van der Waals surface area contributed by atoms with E-state index < -0.39 is 16.0 Å². The Morgan fingerprint density at radius 2 is 2.11 bits per heavy atom. The molecule has 0 aliphatic heterocycles. The standard InChI is InChI=1S/C12H16N2O4S/c1-18-12(15)10-6-5-8(13)7-11(10)19(16,17)14-9-3-2-4-9/h5-7,9,14H,2-4,13H2,1H3. The van der Waals surface area contributed by atoms with Crippen molar-refractivity contribution in [3.8, 4) is 0 Å². The smallest absolute Gasteiger partial charge is 0.339 e. The molecule has 0 heterocycles. The number of sulfonamides is 1. The molecule has 1 aliphatic carbocycles. The molecular weight excluding hydrogens is 268 g/mol. The lowest BCUT2D eigenvalue weighted by molar-refractivity contribution is 0.0596. The van der Waals surface area contributed by atoms with Crippen LogP contribution in [-0.2, 0) is 14.8 Å². The Bertz CT molecular complexity index is 594. The summed E-state index contributed by atoms with van der Waals surface area (Å²) in [5.74, 6) is -0.700. The van der Waals surface area contributed by atoms with Gasteiger partial charge in [-0.05, 0) is 31.0 Å². The van der Waals surface area contributed by atoms with E-state index in [9.17, 15) is 13.2 Å². The number of ether oxygens (including phenoxy) is 1. The van der Waals surface area contributed by atoms with Crippen LogP contribution in [0.5, 0.6) is 0 Å². The van der Waals surface area contributed by atoms with Gasteiger partial charge < -0.3 is 10.5 Å². The van der Waals surface area contributed by atoms with E-state index in [-0.39, 0.29) is 22.2 Å². The minimum atomic E-state index is -3.76. The average molecular weight is 284 g/mol. The largest absolute Gasteiger partial charge is 0.465 e. The van der Waals surface area contributed by atoms with Crippen LogP contribution in [0.1, 0.15) is 29.6 Å². The van der Waals surface area contributed by atoms with Gasteiger partial charge in [-0.2, -0.15) is 0 Å². The molecule has 0 atom stereocenters. The van der Waals surface area contributed by atoms with Crippen LogP contribution in [-0.4, -0.2) is 27.5 Å². The Morgan fingerprint density at radius 1 is 1.42 bits per heavy atom. The summed E-state index contributed by atoms with van der Waals surface area (Å²) >= 11 is 0. The number of nitrogens with one attached hydrogen (secondary N) is 1. The topological polar surface area (TPSA) is 98.5 Å². The van der Waals surface area contributed by atoms with Crippen LogP contribution in [0, 0.1) is 0 Å². The Hall–Kier alpha value is -1.60. The maximum Gasteiger partial charge on any atom is 0.339 e. The van der Waals surface area contributed by atoms with Crippen molar-refractivity contribution < 1.29 is 17.9 Å². The Labute approximate surface area is 112 Å². The highest BCUT2D eigenvalue weighted by atomic mass is 32.2. The van der Waals surface area contributed by atoms with Crippen LogP contribution >= 0.6 is 0 Å². The van der Waals surface area contributed by atoms with E-state index in [4.69, 9.17) is 5.73 Å². The molecule has 2 rings (SSSR count). The molecule has 1 saturated carbocycles. The van der Waals surface area contributed by atoms with Gasteiger partial charge in [-0.1, -0.05) is 6.42 Å². The number of nitrogen functional groups attached to an aromatic ring is 1. The van der Waals surface area contributed by atoms with Crippen LogP contribution in [0.2, 0.25) is 0 Å². The van der Waals surface area contributed by atoms with Gasteiger partial charge >= 0.3 is 5.97 Å². The summed E-state index contributed by atoms with van der Waals surface area (Å²) in [4.78, 5) is 11.5. The number of esters is 1. The molecule has 19 heavy (non-hydrogen) atoms. The number of hydrogen-bond donors (Lipinski definition) is 2. The predicted octanol–water partition coefficient (Wildman–Crippen LogP) is 0.886. The fourth-order valence-electron chi connectivity index (χ4n) is 1.85. The molecule has 1 aliphatic rings. The molecular formula is C12H16N2O4S. The first kappa shape index (κ1) is 13.8. The maximum atomic E-state index is 12.3. The molecule has 7 heteroatoms. The van der Waals surface area contributed by atoms with Crippen molar-refractivity contribution in [3.05, 3.63) is 23.8 Å². The predicted molar refractivity (Wildman–Crippen MR) is 70.2 cm³/mol. The molecule has 104 valence electrons. The summed E-state index contributed by atoms with van der Waals surface area (Å²) in [5, 5.41) is 0. The Kier molecular flexibility index (Phi) is 3.77. The molecule has 3 N–H and O–H groups in total. The van der Waals surface area contributed by atoms with Crippen molar-refractivity contribution in [3.63, 3.8) is 0 Å². The third-order valence-electron chi connectivity index (χ3n) is 3.13. The lowest BCUT2D eigenvalue weighted by Crippen LogP contribution is -2.39. The van der Waals surface area contributed by atoms with Gasteiger partial charge in [-0.15, -0.1) is 0 Å². The highest BCUT2D eigenvalue weighted by Crippen LogP contribution is 2.24. The van der Waals surface area contributed by atoms with Crippen molar-refractivity contribution in [2.24, 2.45) is 0 Å². The van der Waals surface area contributed by atoms with Crippen molar-refractivity contribution in [2.75, 3.05) is 12.8 Å². The zero-order chi connectivity index (χ0) is 14.0. The van der Waals surface area contributed by atoms with Crippen LogP contribution < -0.4 is 10.5 Å². The Balaban J connectivity index is 2.41. The molecule has 0 aromatic heterocycles. The zero-order valence-electron chi connectivity index (χ0n) is 10.5. The first-order chi connectivity index (χ1) is 8.94. The van der Waals surface area contributed by atoms with Crippen molar-refractivity contribution in [2.45, 2.75) is 30.2 Å². The maximum absolute atomic E-state index is 12.3. The van der Waals surface area contributed by atoms with E-state index in [0.29, 0.717) is 0 Å². The van der Waals surface area contributed by atoms with Crippen LogP contribution in [0.15, 0.2) is 23.1 Å². The van der Waals surface area contributed by atoms with Crippen LogP contribution in [0.25, 0.3) is 0 Å². The summed E-state index contributed by atoms with van der Waals surface area (Å²) in [5.41, 5.74) is 5.87. The molecule has 0 saturated heterocycles. The van der Waals surface area contributed by atoms with E-state index in [1.807, 2.05) is 0 Å². The van der Waals surface area contributed by atoms with Gasteiger partial charge in [-0.3, -0.25) is 0 Å². The zero-order valence-corrected chi connectivity index (χ0v) is 11.4. The Morgan fingerprint density at radius 3 is 2.63 bits per heavy atom. The number of carbonyl (C=O) groups excluding carboxylic acids is 1. The SMILES string of the molecule is COC(=O)c1ccc(N)cc1S(=O)(=O)NC1CCC1. The second-order valence-corrected chi connectivity index (χ2v) is 6.18. The third kappa shape index (κ3) is 2.87. The highest BCUT2D eigenvalue weighted by Gasteiger charge is 2.28. The summed E-state index contributed by atoms with van der Waals surface area (Å²) < 4.78 is 31.7. The van der Waals surface area contributed by atoms with E-state index in [1.54, 1.807) is 0 Å². The average Bonchev–Trinajstić information content (AvgIpc) is 2.33. The molecule has 0 radical (unpaired) electrons. The second kappa shape index (κ2) is 5.18. The van der Waals surface area contributed by atoms with Gasteiger partial charge in [0, 0.05) is 11.7 Å². The molecule has 0 bridgehead atoms. The van der Waals surface area contributed by atoms with Crippen molar-refractivity contribution >= 4 is 21.7 Å². The number of methoxy groups -OCH3 is 1. The number of anilines is 1. The van der Waals surface area contributed by atoms with Gasteiger partial charge in [0.2, 0.25) is 10.0 Å². The molecule has 1 aromatic rings. The normalized spacial score (nSPS) is 15.8. The molecule has 1 aromatic carbocycles. The lowest BCUT2D eigenvalue weighted by Gasteiger charge is -2.26. The van der Waals surface area contributed by atoms with Gasteiger partial charge in [0.15, 0.2) is 0 Å². The van der Waals surface area contributed by atoms with Gasteiger partial charge in [-0.25, -0.2) is 17.9 Å². The number of nitrogens with two attached hydrogens (primary N) is 1. The molecule has 0 unspecified atom stereocenters. The van der Waals surface area contributed by atoms with Crippen LogP contribution in [0.3, 0.4) is 0 Å². The van der Waals surface area contributed by atoms with Gasteiger partial charge in [0.05, 0.1) is 17.6 Å². The fourth-order valence-corrected chi connectivity index (χ4v) is 3.38. The van der Waals surface area contributed by atoms with Crippen molar-refractivity contribution in [1.82, 2.24) is 4.72 Å². The quantitative estimate of drug-likeness (QED) is 0.632. The minimum Gasteiger partial charge on any atom is -0.465 e. The first-order valence-corrected chi connectivity index (χ1v) is 7.42. The molecule has 0 spiro atoms. The van der Waals surface area contributed by atoms with Crippen molar-refractivity contribution in [1.29, 1.82) is 0 Å². The summed E-state index contributed by atoms with van der Waals surface area (Å²) in [7, 11) is -2.56. The van der Waals surface area contributed by atoms with E-state index in [0.717, 1.165) is 19.3 Å². The summed E-state index contributed by atoms with van der Waals surface area (Å²) in [6.07, 6.45) is 2.64. The van der Waals surface area contributed by atoms with E-state index >= 15 is 0 Å². The number of rotatable bonds is 4. The highest BCUT2D eigenvalue weighted by molar-refractivity contribution is 7.89. The minimum absolute atomic E-state index is 0.0106. The molecule has 6 nitrogen and oxygen atoms in total. The molecule has 0 amide bonds.